The number of anilines is 2. The Morgan fingerprint density at radius 1 is 1.00 bits per heavy atom. The fraction of sp³-hybridized carbons (Fsp3) is 0.222. The van der Waals surface area contributed by atoms with Crippen molar-refractivity contribution in [3.8, 4) is 11.6 Å². The molecule has 2 aromatic heterocycles. The van der Waals surface area contributed by atoms with E-state index in [1.807, 2.05) is 26.8 Å². The lowest BCUT2D eigenvalue weighted by atomic mass is 9.92. The molecule has 0 spiro atoms. The Bertz CT molecular complexity index is 1580. The van der Waals surface area contributed by atoms with Gasteiger partial charge in [0.15, 0.2) is 0 Å². The van der Waals surface area contributed by atoms with Crippen LogP contribution in [0.25, 0.3) is 10.9 Å². The average molecular weight is 551 g/mol. The van der Waals surface area contributed by atoms with Gasteiger partial charge in [0, 0.05) is 41.2 Å². The summed E-state index contributed by atoms with van der Waals surface area (Å²) in [6.45, 7) is 5.95. The number of nitrogens with zero attached hydrogens (tertiary/aromatic N) is 3. The van der Waals surface area contributed by atoms with Gasteiger partial charge in [-0.05, 0) is 42.5 Å². The smallest absolute Gasteiger partial charge is 0.324 e. The second kappa shape index (κ2) is 11.0. The molecule has 2 heterocycles. The van der Waals surface area contributed by atoms with Gasteiger partial charge in [-0.15, -0.1) is 0 Å². The van der Waals surface area contributed by atoms with Crippen LogP contribution in [0.3, 0.4) is 0 Å². The molecule has 0 aliphatic heterocycles. The van der Waals surface area contributed by atoms with Gasteiger partial charge in [0.1, 0.15) is 11.6 Å². The van der Waals surface area contributed by atoms with Gasteiger partial charge in [0.05, 0.1) is 16.2 Å². The monoisotopic (exact) mass is 550 g/mol. The van der Waals surface area contributed by atoms with Crippen molar-refractivity contribution in [2.24, 2.45) is 12.8 Å². The standard InChI is InChI=1S/C27H27ClN6O5/c1-27(2,3)21-13-22(34(4)33-21)32-26(37)30-17-7-9-20(18(28)12-17)38-14-39-23-10-6-15-11-16(24(35)25(29)36)5-8-19(15)31-23/h5-13H,14H2,1-4H3,(H2,29,36)(H2,30,32,37). The molecule has 4 aromatic rings. The Labute approximate surface area is 229 Å². The first-order valence-electron chi connectivity index (χ1n) is 11.8. The van der Waals surface area contributed by atoms with Crippen molar-refractivity contribution in [3.05, 3.63) is 70.9 Å². The Balaban J connectivity index is 1.32. The van der Waals surface area contributed by atoms with Crippen LogP contribution in [0.4, 0.5) is 16.3 Å². The number of hydrogen-bond donors (Lipinski definition) is 3. The van der Waals surface area contributed by atoms with Crippen LogP contribution in [-0.4, -0.2) is 39.3 Å². The fourth-order valence-corrected chi connectivity index (χ4v) is 3.78. The van der Waals surface area contributed by atoms with Crippen LogP contribution in [0.15, 0.2) is 54.6 Å². The molecular weight excluding hydrogens is 524 g/mol. The summed E-state index contributed by atoms with van der Waals surface area (Å²) in [6.07, 6.45) is 0. The van der Waals surface area contributed by atoms with E-state index in [1.54, 1.807) is 48.1 Å². The third kappa shape index (κ3) is 6.63. The number of aryl methyl sites for hydroxylation is 1. The number of rotatable bonds is 8. The van der Waals surface area contributed by atoms with Gasteiger partial charge in [0.2, 0.25) is 18.5 Å². The molecule has 0 radical (unpaired) electrons. The summed E-state index contributed by atoms with van der Waals surface area (Å²) in [5.41, 5.74) is 6.97. The molecule has 12 heteroatoms. The second-order valence-electron chi connectivity index (χ2n) is 9.67. The number of ether oxygens (including phenoxy) is 2. The van der Waals surface area contributed by atoms with Crippen LogP contribution in [0, 0.1) is 0 Å². The number of ketones is 1. The number of nitrogens with one attached hydrogen (secondary N) is 2. The Hall–Kier alpha value is -4.64. The van der Waals surface area contributed by atoms with Crippen molar-refractivity contribution in [1.82, 2.24) is 14.8 Å². The molecule has 0 bridgehead atoms. The van der Waals surface area contributed by atoms with E-state index < -0.39 is 17.7 Å². The van der Waals surface area contributed by atoms with Gasteiger partial charge in [-0.1, -0.05) is 32.4 Å². The molecule has 0 aliphatic carbocycles. The van der Waals surface area contributed by atoms with Gasteiger partial charge in [-0.25, -0.2) is 9.78 Å². The second-order valence-corrected chi connectivity index (χ2v) is 10.1. The van der Waals surface area contributed by atoms with E-state index in [-0.39, 0.29) is 28.7 Å². The first kappa shape index (κ1) is 27.4. The van der Waals surface area contributed by atoms with Crippen molar-refractivity contribution in [1.29, 1.82) is 0 Å². The van der Waals surface area contributed by atoms with Crippen molar-refractivity contribution < 1.29 is 23.9 Å². The highest BCUT2D eigenvalue weighted by Crippen LogP contribution is 2.28. The minimum atomic E-state index is -1.02. The molecule has 3 amide bonds. The molecule has 0 fully saturated rings. The van der Waals surface area contributed by atoms with E-state index >= 15 is 0 Å². The number of carbonyl (C=O) groups is 3. The van der Waals surface area contributed by atoms with Gasteiger partial charge in [-0.3, -0.25) is 19.6 Å². The summed E-state index contributed by atoms with van der Waals surface area (Å²) in [6, 6.07) is 14.1. The number of fused-ring (bicyclic) bond motifs is 1. The van der Waals surface area contributed by atoms with Crippen molar-refractivity contribution in [3.63, 3.8) is 0 Å². The van der Waals surface area contributed by atoms with Gasteiger partial charge >= 0.3 is 6.03 Å². The van der Waals surface area contributed by atoms with E-state index in [9.17, 15) is 14.4 Å². The van der Waals surface area contributed by atoms with E-state index in [1.165, 1.54) is 12.1 Å². The zero-order chi connectivity index (χ0) is 28.3. The van der Waals surface area contributed by atoms with E-state index in [4.69, 9.17) is 26.8 Å². The summed E-state index contributed by atoms with van der Waals surface area (Å²) < 4.78 is 12.8. The molecule has 0 atom stereocenters. The summed E-state index contributed by atoms with van der Waals surface area (Å²) in [7, 11) is 1.76. The van der Waals surface area contributed by atoms with Gasteiger partial charge in [-0.2, -0.15) is 5.10 Å². The molecule has 11 nitrogen and oxygen atoms in total. The average Bonchev–Trinajstić information content (AvgIpc) is 3.24. The van der Waals surface area contributed by atoms with Crippen molar-refractivity contribution in [2.75, 3.05) is 17.4 Å². The number of urea groups is 1. The van der Waals surface area contributed by atoms with E-state index in [0.717, 1.165) is 5.69 Å². The highest BCUT2D eigenvalue weighted by Gasteiger charge is 2.20. The van der Waals surface area contributed by atoms with Crippen LogP contribution < -0.4 is 25.8 Å². The highest BCUT2D eigenvalue weighted by atomic mass is 35.5. The molecule has 0 saturated carbocycles. The molecule has 4 N–H and O–H groups in total. The molecule has 0 aliphatic rings. The van der Waals surface area contributed by atoms with Crippen LogP contribution in [0.5, 0.6) is 11.6 Å². The molecular formula is C27H27ClN6O5. The number of primary amides is 1. The molecule has 202 valence electrons. The maximum absolute atomic E-state index is 12.5. The Morgan fingerprint density at radius 2 is 1.77 bits per heavy atom. The number of carbonyl (C=O) groups excluding carboxylic acids is 3. The predicted octanol–water partition coefficient (Wildman–Crippen LogP) is 4.65. The minimum Gasteiger partial charge on any atom is -0.456 e. The summed E-state index contributed by atoms with van der Waals surface area (Å²) in [5.74, 6) is -0.605. The van der Waals surface area contributed by atoms with Crippen molar-refractivity contribution in [2.45, 2.75) is 26.2 Å². The van der Waals surface area contributed by atoms with Crippen LogP contribution in [0.1, 0.15) is 36.8 Å². The SMILES string of the molecule is Cn1nc(C(C)(C)C)cc1NC(=O)Nc1ccc(OCOc2ccc3cc(C(=O)C(N)=O)ccc3n2)c(Cl)c1. The van der Waals surface area contributed by atoms with E-state index in [2.05, 4.69) is 20.7 Å². The number of benzene rings is 2. The fourth-order valence-electron chi connectivity index (χ4n) is 3.55. The van der Waals surface area contributed by atoms with Gasteiger partial charge < -0.3 is 20.5 Å². The Kier molecular flexibility index (Phi) is 7.73. The Morgan fingerprint density at radius 3 is 2.44 bits per heavy atom. The normalized spacial score (nSPS) is 11.2. The zero-order valence-electron chi connectivity index (χ0n) is 21.7. The summed E-state index contributed by atoms with van der Waals surface area (Å²) >= 11 is 6.33. The molecule has 4 rings (SSSR count). The molecule has 0 unspecified atom stereocenters. The number of pyridine rings is 1. The number of nitrogens with two attached hydrogens (primary N) is 1. The first-order chi connectivity index (χ1) is 18.4. The number of hydrogen-bond acceptors (Lipinski definition) is 7. The van der Waals surface area contributed by atoms with E-state index in [0.29, 0.717) is 28.2 Å². The highest BCUT2D eigenvalue weighted by molar-refractivity contribution is 6.42. The third-order valence-electron chi connectivity index (χ3n) is 5.65. The topological polar surface area (TPSA) is 150 Å². The number of halogens is 1. The predicted molar refractivity (Wildman–Crippen MR) is 147 cm³/mol. The molecule has 2 aromatic carbocycles. The summed E-state index contributed by atoms with van der Waals surface area (Å²) in [5, 5.41) is 10.9. The largest absolute Gasteiger partial charge is 0.456 e. The van der Waals surface area contributed by atoms with Crippen LogP contribution in [-0.2, 0) is 17.3 Å². The minimum absolute atomic E-state index is 0.148. The lowest BCUT2D eigenvalue weighted by Crippen LogP contribution is -2.22. The number of Topliss-reactive ketones (excluding diaryl/α,β-unsaturated/α-hetero) is 1. The number of aromatic nitrogens is 3. The number of amides is 3. The van der Waals surface area contributed by atoms with Crippen LogP contribution >= 0.6 is 11.6 Å². The van der Waals surface area contributed by atoms with Gasteiger partial charge in [0.25, 0.3) is 5.91 Å². The molecule has 0 saturated heterocycles. The first-order valence-corrected chi connectivity index (χ1v) is 12.2. The maximum atomic E-state index is 12.5. The third-order valence-corrected chi connectivity index (χ3v) is 5.95. The lowest BCUT2D eigenvalue weighted by Gasteiger charge is -2.13. The van der Waals surface area contributed by atoms with Crippen molar-refractivity contribution >= 4 is 51.7 Å². The van der Waals surface area contributed by atoms with Crippen LogP contribution in [0.2, 0.25) is 5.02 Å². The lowest BCUT2D eigenvalue weighted by molar-refractivity contribution is -0.114. The zero-order valence-corrected chi connectivity index (χ0v) is 22.5. The summed E-state index contributed by atoms with van der Waals surface area (Å²) in [4.78, 5) is 39.7. The molecule has 39 heavy (non-hydrogen) atoms. The maximum Gasteiger partial charge on any atom is 0.324 e. The quantitative estimate of drug-likeness (QED) is 0.164.